The van der Waals surface area contributed by atoms with Gasteiger partial charge in [-0.1, -0.05) is 33.3 Å². The predicted molar refractivity (Wildman–Crippen MR) is 104 cm³/mol. The van der Waals surface area contributed by atoms with Gasteiger partial charge >= 0.3 is 27.0 Å². The summed E-state index contributed by atoms with van der Waals surface area (Å²) in [4.78, 5) is 2.66. The Hall–Kier alpha value is 0.790. The molecule has 2 nitrogen and oxygen atoms in total. The van der Waals surface area contributed by atoms with Gasteiger partial charge in [-0.25, -0.2) is 0 Å². The molecule has 2 rings (SSSR count). The Labute approximate surface area is 165 Å². The van der Waals surface area contributed by atoms with Crippen LogP contribution in [0.4, 0.5) is 0 Å². The standard InChI is InChI=1S/C19H36NOSi.ClH.Zn/c1-15(2)12-16-13-19(6,17-10-9-11-20(17)14-16)21-22(7,8)18(3,4)5;;/h12,15,17H,1,9-11,13-14H2,2-8H3;1H;/q-1;;+2/p-1/b16-12-;;/t15-,17-,19-;;/m0../s1. The van der Waals surface area contributed by atoms with Gasteiger partial charge in [0, 0.05) is 12.6 Å². The number of piperidine rings is 1. The zero-order valence-electron chi connectivity index (χ0n) is 16.9. The van der Waals surface area contributed by atoms with Gasteiger partial charge in [0.15, 0.2) is 8.32 Å². The summed E-state index contributed by atoms with van der Waals surface area (Å²) in [6.07, 6.45) is 6.05. The van der Waals surface area contributed by atoms with Crippen LogP contribution >= 0.6 is 9.69 Å². The molecule has 24 heavy (non-hydrogen) atoms. The Morgan fingerprint density at radius 2 is 2.00 bits per heavy atom. The fraction of sp³-hybridized carbons (Fsp3) is 0.842. The molecule has 0 radical (unpaired) electrons. The maximum absolute atomic E-state index is 6.99. The number of halogens is 1. The van der Waals surface area contributed by atoms with Gasteiger partial charge in [-0.2, -0.15) is 5.92 Å². The summed E-state index contributed by atoms with van der Waals surface area (Å²) in [7, 11) is 3.00. The number of allylic oxidation sites excluding steroid dienone is 1. The Kier molecular flexibility index (Phi) is 8.23. The molecule has 136 valence electrons. The van der Waals surface area contributed by atoms with Gasteiger partial charge in [-0.05, 0) is 50.9 Å². The predicted octanol–water partition coefficient (Wildman–Crippen LogP) is 5.72. The van der Waals surface area contributed by atoms with Crippen molar-refractivity contribution in [2.75, 3.05) is 13.1 Å². The molecule has 2 heterocycles. The molecule has 5 heteroatoms. The second-order valence-electron chi connectivity index (χ2n) is 9.28. The first-order valence-corrected chi connectivity index (χ1v) is 16.0. The molecule has 0 saturated carbocycles. The zero-order chi connectivity index (χ0) is 18.8. The van der Waals surface area contributed by atoms with Crippen LogP contribution in [-0.4, -0.2) is 37.9 Å². The molecule has 2 aliphatic rings. The second kappa shape index (κ2) is 8.65. The van der Waals surface area contributed by atoms with Crippen LogP contribution in [0.1, 0.15) is 53.9 Å². The van der Waals surface area contributed by atoms with Crippen LogP contribution in [0.15, 0.2) is 11.6 Å². The van der Waals surface area contributed by atoms with Crippen LogP contribution in [0.25, 0.3) is 0 Å². The van der Waals surface area contributed by atoms with Crippen LogP contribution in [0, 0.1) is 12.8 Å². The number of rotatable bonds is 3. The average Bonchev–Trinajstić information content (AvgIpc) is 2.87. The van der Waals surface area contributed by atoms with E-state index >= 15 is 0 Å². The van der Waals surface area contributed by atoms with Crippen molar-refractivity contribution in [3.8, 4) is 0 Å². The Morgan fingerprint density at radius 1 is 1.42 bits per heavy atom. The molecular weight excluding hydrogens is 387 g/mol. The molecular formula is C19H36ClNOSiZn. The molecule has 3 atom stereocenters. The maximum atomic E-state index is 6.99. The summed E-state index contributed by atoms with van der Waals surface area (Å²) < 4.78 is 6.99. The summed E-state index contributed by atoms with van der Waals surface area (Å²) in [5.74, 6) is 0.381. The topological polar surface area (TPSA) is 12.5 Å². The van der Waals surface area contributed by atoms with Crippen LogP contribution in [0.5, 0.6) is 0 Å². The van der Waals surface area contributed by atoms with E-state index in [0.717, 1.165) is 30.3 Å². The number of hydrogen-bond acceptors (Lipinski definition) is 2. The summed E-state index contributed by atoms with van der Waals surface area (Å²) in [5, 5.41) is 0.264. The van der Waals surface area contributed by atoms with Crippen molar-refractivity contribution >= 4 is 18.0 Å². The fourth-order valence-corrected chi connectivity index (χ4v) is 5.63. The van der Waals surface area contributed by atoms with E-state index in [1.54, 1.807) is 0 Å². The molecule has 0 aliphatic carbocycles. The molecule has 0 N–H and O–H groups in total. The van der Waals surface area contributed by atoms with Gasteiger partial charge in [-0.3, -0.25) is 4.90 Å². The molecule has 0 aromatic rings. The second-order valence-corrected chi connectivity index (χ2v) is 14.0. The van der Waals surface area contributed by atoms with E-state index < -0.39 is 8.32 Å². The van der Waals surface area contributed by atoms with Crippen molar-refractivity contribution in [1.82, 2.24) is 4.90 Å². The molecule has 0 spiro atoms. The van der Waals surface area contributed by atoms with E-state index in [0.29, 0.717) is 12.0 Å². The van der Waals surface area contributed by atoms with Gasteiger partial charge in [0.1, 0.15) is 0 Å². The minimum absolute atomic E-state index is 0.0293. The summed E-state index contributed by atoms with van der Waals surface area (Å²) in [6, 6.07) is 0.596. The molecule has 2 aliphatic heterocycles. The van der Waals surface area contributed by atoms with Gasteiger partial charge in [0.2, 0.25) is 0 Å². The third kappa shape index (κ3) is 5.39. The molecule has 2 saturated heterocycles. The van der Waals surface area contributed by atoms with Gasteiger partial charge in [0.25, 0.3) is 0 Å². The average molecular weight is 423 g/mol. The first kappa shape index (κ1) is 22.8. The van der Waals surface area contributed by atoms with E-state index in [1.165, 1.54) is 25.0 Å². The van der Waals surface area contributed by atoms with E-state index in [9.17, 15) is 0 Å². The van der Waals surface area contributed by atoms with E-state index in [1.807, 2.05) is 0 Å². The Bertz CT molecular complexity index is 447. The van der Waals surface area contributed by atoms with Crippen molar-refractivity contribution in [2.24, 2.45) is 5.92 Å². The third-order valence-corrected chi connectivity index (χ3v) is 10.5. The van der Waals surface area contributed by atoms with E-state index in [4.69, 9.17) is 14.1 Å². The third-order valence-electron chi connectivity index (χ3n) is 5.87. The van der Waals surface area contributed by atoms with Crippen molar-refractivity contribution in [2.45, 2.75) is 83.7 Å². The molecule has 0 bridgehead atoms. The van der Waals surface area contributed by atoms with Gasteiger partial charge in [0.05, 0.1) is 5.60 Å². The van der Waals surface area contributed by atoms with Crippen molar-refractivity contribution in [1.29, 1.82) is 0 Å². The Morgan fingerprint density at radius 3 is 2.50 bits per heavy atom. The van der Waals surface area contributed by atoms with E-state index in [2.05, 4.69) is 65.6 Å². The molecule has 0 amide bonds. The monoisotopic (exact) mass is 421 g/mol. The van der Waals surface area contributed by atoms with Crippen LogP contribution in [0.3, 0.4) is 0 Å². The minimum atomic E-state index is -1.76. The van der Waals surface area contributed by atoms with Crippen molar-refractivity contribution in [3.63, 3.8) is 0 Å². The number of fused-ring (bicyclic) bond motifs is 1. The number of nitrogens with zero attached hydrogens (tertiary/aromatic N) is 1. The number of hydrogen-bond donors (Lipinski definition) is 0. The fourth-order valence-electron chi connectivity index (χ4n) is 3.95. The van der Waals surface area contributed by atoms with Gasteiger partial charge in [-0.15, -0.1) is 6.08 Å². The van der Waals surface area contributed by atoms with Crippen molar-refractivity contribution < 1.29 is 21.7 Å². The Balaban J connectivity index is 0.00000139. The molecule has 0 aromatic heterocycles. The summed E-state index contributed by atoms with van der Waals surface area (Å²) in [5.41, 5.74) is 1.50. The van der Waals surface area contributed by atoms with E-state index in [-0.39, 0.29) is 10.6 Å². The normalized spacial score (nSPS) is 31.5. The quantitative estimate of drug-likeness (QED) is 0.327. The SMILES string of the molecule is [CH2-][C@@H](C)/C=C1\CN2CCC[C@H]2[C@@](C)(O[Si](C)(C)C(C)(C)C)C1.[Cl][Zn+]. The van der Waals surface area contributed by atoms with Crippen LogP contribution < -0.4 is 0 Å². The summed E-state index contributed by atoms with van der Waals surface area (Å²) >= 11 is 0.847. The first-order chi connectivity index (χ1) is 10.9. The van der Waals surface area contributed by atoms with Crippen LogP contribution in [-0.2, 0) is 21.7 Å². The zero-order valence-corrected chi connectivity index (χ0v) is 21.6. The summed E-state index contributed by atoms with van der Waals surface area (Å²) in [6.45, 7) is 22.8. The molecule has 0 aromatic carbocycles. The molecule has 0 unspecified atom stereocenters. The van der Waals surface area contributed by atoms with Gasteiger partial charge < -0.3 is 11.3 Å². The van der Waals surface area contributed by atoms with Crippen molar-refractivity contribution in [3.05, 3.63) is 18.6 Å². The van der Waals surface area contributed by atoms with Crippen LogP contribution in [0.2, 0.25) is 18.1 Å². The molecule has 2 fully saturated rings. The first-order valence-electron chi connectivity index (χ1n) is 9.18.